The first-order chi connectivity index (χ1) is 8.13. The van der Waals surface area contributed by atoms with Crippen molar-refractivity contribution in [3.05, 3.63) is 28.2 Å². The highest BCUT2D eigenvalue weighted by molar-refractivity contribution is 9.10. The minimum atomic E-state index is -0.293. The lowest BCUT2D eigenvalue weighted by molar-refractivity contribution is -0.119. The molecule has 2 N–H and O–H groups in total. The van der Waals surface area contributed by atoms with Gasteiger partial charge >= 0.3 is 0 Å². The first-order valence-corrected chi connectivity index (χ1v) is 6.18. The maximum atomic E-state index is 11.3. The highest BCUT2D eigenvalue weighted by atomic mass is 79.9. The molecule has 1 aromatic carbocycles. The van der Waals surface area contributed by atoms with E-state index in [-0.39, 0.29) is 11.9 Å². The van der Waals surface area contributed by atoms with Crippen LogP contribution in [-0.2, 0) is 4.79 Å². The molecule has 1 saturated heterocycles. The number of nitriles is 1. The molecule has 1 aliphatic heterocycles. The topological polar surface area (TPSA) is 70.1 Å². The number of anilines is 1. The summed E-state index contributed by atoms with van der Waals surface area (Å²) in [5, 5.41) is 8.80. The number of amides is 1. The number of halogens is 1. The molecule has 1 heterocycles. The second-order valence-electron chi connectivity index (χ2n) is 4.03. The van der Waals surface area contributed by atoms with Gasteiger partial charge in [-0.15, -0.1) is 0 Å². The SMILES string of the molecule is N#Cc1ccc(N2CCCC2C(N)=O)c(Br)c1. The molecule has 0 saturated carbocycles. The number of carbonyl (C=O) groups excluding carboxylic acids is 1. The monoisotopic (exact) mass is 293 g/mol. The lowest BCUT2D eigenvalue weighted by Gasteiger charge is -2.25. The second-order valence-corrected chi connectivity index (χ2v) is 4.89. The van der Waals surface area contributed by atoms with Crippen molar-refractivity contribution in [1.82, 2.24) is 0 Å². The molecule has 0 aliphatic carbocycles. The van der Waals surface area contributed by atoms with Crippen molar-refractivity contribution in [2.45, 2.75) is 18.9 Å². The molecule has 2 rings (SSSR count). The molecule has 1 unspecified atom stereocenters. The van der Waals surface area contributed by atoms with Crippen LogP contribution in [0.5, 0.6) is 0 Å². The fraction of sp³-hybridized carbons (Fsp3) is 0.333. The Morgan fingerprint density at radius 2 is 2.35 bits per heavy atom. The fourth-order valence-electron chi connectivity index (χ4n) is 2.16. The van der Waals surface area contributed by atoms with Crippen LogP contribution in [0, 0.1) is 11.3 Å². The Kier molecular flexibility index (Phi) is 3.34. The average Bonchev–Trinajstić information content (AvgIpc) is 2.77. The quantitative estimate of drug-likeness (QED) is 0.903. The summed E-state index contributed by atoms with van der Waals surface area (Å²) in [5.41, 5.74) is 6.90. The van der Waals surface area contributed by atoms with E-state index >= 15 is 0 Å². The van der Waals surface area contributed by atoms with Crippen LogP contribution >= 0.6 is 15.9 Å². The third-order valence-electron chi connectivity index (χ3n) is 2.97. The highest BCUT2D eigenvalue weighted by Crippen LogP contribution is 2.32. The predicted octanol–water partition coefficient (Wildman–Crippen LogP) is 1.77. The summed E-state index contributed by atoms with van der Waals surface area (Å²) in [6.07, 6.45) is 1.75. The van der Waals surface area contributed by atoms with E-state index in [0.29, 0.717) is 5.56 Å². The standard InChI is InChI=1S/C12H12BrN3O/c13-9-6-8(7-14)3-4-10(9)16-5-1-2-11(16)12(15)17/h3-4,6,11H,1-2,5H2,(H2,15,17). The summed E-state index contributed by atoms with van der Waals surface area (Å²) >= 11 is 3.43. The Balaban J connectivity index is 2.34. The van der Waals surface area contributed by atoms with Gasteiger partial charge in [-0.1, -0.05) is 0 Å². The number of nitrogens with two attached hydrogens (primary N) is 1. The molecule has 1 amide bonds. The Labute approximate surface area is 108 Å². The zero-order valence-electron chi connectivity index (χ0n) is 9.19. The van der Waals surface area contributed by atoms with E-state index in [1.807, 2.05) is 11.0 Å². The molecule has 4 nitrogen and oxygen atoms in total. The molecule has 1 aromatic rings. The summed E-state index contributed by atoms with van der Waals surface area (Å²) in [6.45, 7) is 0.818. The van der Waals surface area contributed by atoms with Crippen LogP contribution in [0.4, 0.5) is 5.69 Å². The van der Waals surface area contributed by atoms with E-state index in [9.17, 15) is 4.79 Å². The minimum absolute atomic E-state index is 0.237. The van der Waals surface area contributed by atoms with Gasteiger partial charge in [-0.25, -0.2) is 0 Å². The van der Waals surface area contributed by atoms with Gasteiger partial charge in [-0.3, -0.25) is 4.79 Å². The fourth-order valence-corrected chi connectivity index (χ4v) is 2.77. The third-order valence-corrected chi connectivity index (χ3v) is 3.60. The van der Waals surface area contributed by atoms with E-state index in [1.54, 1.807) is 12.1 Å². The molecule has 5 heteroatoms. The number of primary amides is 1. The highest BCUT2D eigenvalue weighted by Gasteiger charge is 2.30. The lowest BCUT2D eigenvalue weighted by atomic mass is 10.1. The zero-order chi connectivity index (χ0) is 12.4. The van der Waals surface area contributed by atoms with Crippen LogP contribution in [0.15, 0.2) is 22.7 Å². The first kappa shape index (κ1) is 11.9. The van der Waals surface area contributed by atoms with Crippen molar-refractivity contribution in [2.24, 2.45) is 5.73 Å². The number of carbonyl (C=O) groups is 1. The van der Waals surface area contributed by atoms with Gasteiger partial charge in [-0.05, 0) is 47.0 Å². The Morgan fingerprint density at radius 3 is 2.94 bits per heavy atom. The average molecular weight is 294 g/mol. The van der Waals surface area contributed by atoms with E-state index in [4.69, 9.17) is 11.0 Å². The lowest BCUT2D eigenvalue weighted by Crippen LogP contribution is -2.40. The summed E-state index contributed by atoms with van der Waals surface area (Å²) in [4.78, 5) is 13.3. The Bertz CT molecular complexity index is 495. The van der Waals surface area contributed by atoms with Crippen molar-refractivity contribution < 1.29 is 4.79 Å². The van der Waals surface area contributed by atoms with Gasteiger partial charge < -0.3 is 10.6 Å². The van der Waals surface area contributed by atoms with Gasteiger partial charge in [0, 0.05) is 11.0 Å². The maximum absolute atomic E-state index is 11.3. The molecular formula is C12H12BrN3O. The summed E-state index contributed by atoms with van der Waals surface area (Å²) in [7, 11) is 0. The van der Waals surface area contributed by atoms with Gasteiger partial charge in [0.2, 0.25) is 5.91 Å². The van der Waals surface area contributed by atoms with Gasteiger partial charge in [0.15, 0.2) is 0 Å². The largest absolute Gasteiger partial charge is 0.368 e. The molecule has 1 aliphatic rings. The van der Waals surface area contributed by atoms with E-state index < -0.39 is 0 Å². The molecule has 0 radical (unpaired) electrons. The van der Waals surface area contributed by atoms with Gasteiger partial charge in [0.1, 0.15) is 6.04 Å². The van der Waals surface area contributed by atoms with Crippen LogP contribution in [-0.4, -0.2) is 18.5 Å². The number of nitrogens with zero attached hydrogens (tertiary/aromatic N) is 2. The molecule has 0 spiro atoms. The van der Waals surface area contributed by atoms with Crippen LogP contribution in [0.25, 0.3) is 0 Å². The van der Waals surface area contributed by atoms with Crippen molar-refractivity contribution in [3.63, 3.8) is 0 Å². The van der Waals surface area contributed by atoms with Crippen molar-refractivity contribution in [3.8, 4) is 6.07 Å². The molecule has 1 fully saturated rings. The van der Waals surface area contributed by atoms with Gasteiger partial charge in [0.05, 0.1) is 17.3 Å². The normalized spacial score (nSPS) is 19.1. The predicted molar refractivity (Wildman–Crippen MR) is 68.4 cm³/mol. The Hall–Kier alpha value is -1.54. The smallest absolute Gasteiger partial charge is 0.240 e. The number of rotatable bonds is 2. The molecular weight excluding hydrogens is 282 g/mol. The number of hydrogen-bond acceptors (Lipinski definition) is 3. The number of benzene rings is 1. The summed E-state index contributed by atoms with van der Waals surface area (Å²) in [6, 6.07) is 7.20. The van der Waals surface area contributed by atoms with Crippen molar-refractivity contribution >= 4 is 27.5 Å². The van der Waals surface area contributed by atoms with Crippen LogP contribution < -0.4 is 10.6 Å². The summed E-state index contributed by atoms with van der Waals surface area (Å²) < 4.78 is 0.824. The molecule has 0 bridgehead atoms. The van der Waals surface area contributed by atoms with Crippen molar-refractivity contribution in [2.75, 3.05) is 11.4 Å². The first-order valence-electron chi connectivity index (χ1n) is 5.39. The zero-order valence-corrected chi connectivity index (χ0v) is 10.8. The van der Waals surface area contributed by atoms with Crippen LogP contribution in [0.3, 0.4) is 0 Å². The van der Waals surface area contributed by atoms with Crippen LogP contribution in [0.2, 0.25) is 0 Å². The van der Waals surface area contributed by atoms with Crippen LogP contribution in [0.1, 0.15) is 18.4 Å². The third kappa shape index (κ3) is 2.27. The Morgan fingerprint density at radius 1 is 1.59 bits per heavy atom. The molecule has 1 atom stereocenters. The summed E-state index contributed by atoms with van der Waals surface area (Å²) in [5.74, 6) is -0.293. The van der Waals surface area contributed by atoms with E-state index in [0.717, 1.165) is 29.5 Å². The van der Waals surface area contributed by atoms with Gasteiger partial charge in [0.25, 0.3) is 0 Å². The van der Waals surface area contributed by atoms with E-state index in [2.05, 4.69) is 22.0 Å². The number of hydrogen-bond donors (Lipinski definition) is 1. The van der Waals surface area contributed by atoms with Gasteiger partial charge in [-0.2, -0.15) is 5.26 Å². The molecule has 88 valence electrons. The molecule has 17 heavy (non-hydrogen) atoms. The van der Waals surface area contributed by atoms with Crippen molar-refractivity contribution in [1.29, 1.82) is 5.26 Å². The minimum Gasteiger partial charge on any atom is -0.368 e. The van der Waals surface area contributed by atoms with E-state index in [1.165, 1.54) is 0 Å². The second kappa shape index (κ2) is 4.76. The molecule has 0 aromatic heterocycles. The maximum Gasteiger partial charge on any atom is 0.240 e.